The van der Waals surface area contributed by atoms with Crippen molar-refractivity contribution in [1.29, 1.82) is 0 Å². The third-order valence-corrected chi connectivity index (χ3v) is 3.92. The highest BCUT2D eigenvalue weighted by atomic mass is 16.4. The quantitative estimate of drug-likeness (QED) is 0.552. The number of amides is 2. The van der Waals surface area contributed by atoms with E-state index >= 15 is 0 Å². The maximum atomic E-state index is 12.6. The molecule has 152 valence electrons. The van der Waals surface area contributed by atoms with Crippen LogP contribution in [0.3, 0.4) is 0 Å². The molecule has 0 saturated heterocycles. The Morgan fingerprint density at radius 3 is 2.07 bits per heavy atom. The minimum atomic E-state index is -2.37. The van der Waals surface area contributed by atoms with Crippen molar-refractivity contribution >= 4 is 17.8 Å². The molecule has 0 aliphatic rings. The highest BCUT2D eigenvalue weighted by Gasteiger charge is 2.13. The van der Waals surface area contributed by atoms with E-state index in [1.807, 2.05) is 0 Å². The van der Waals surface area contributed by atoms with Crippen LogP contribution in [-0.2, 0) is 13.0 Å². The second kappa shape index (κ2) is 9.42. The predicted molar refractivity (Wildman–Crippen MR) is 109 cm³/mol. The van der Waals surface area contributed by atoms with Crippen molar-refractivity contribution in [3.05, 3.63) is 94.6 Å². The van der Waals surface area contributed by atoms with Gasteiger partial charge in [0.25, 0.3) is 11.8 Å². The molecular formula is C22H20N4O4. The number of carbonyl (C=O) groups is 3. The summed E-state index contributed by atoms with van der Waals surface area (Å²) in [6.45, 7) is -2.80. The third kappa shape index (κ3) is 5.48. The van der Waals surface area contributed by atoms with Crippen molar-refractivity contribution in [3.8, 4) is 0 Å². The molecule has 0 aliphatic carbocycles. The summed E-state index contributed by atoms with van der Waals surface area (Å²) in [5, 5.41) is 13.3. The molecule has 3 N–H and O–H groups in total. The second-order valence-electron chi connectivity index (χ2n) is 6.20. The number of rotatable bonds is 7. The number of carbonyl (C=O) groups excluding carboxylic acids is 2. The topological polar surface area (TPSA) is 121 Å². The molecule has 0 fully saturated rings. The molecule has 0 atom stereocenters. The van der Waals surface area contributed by atoms with Gasteiger partial charge in [-0.1, -0.05) is 42.0 Å². The van der Waals surface area contributed by atoms with Crippen LogP contribution >= 0.6 is 0 Å². The fourth-order valence-corrected chi connectivity index (χ4v) is 2.41. The highest BCUT2D eigenvalue weighted by molar-refractivity contribution is 5.97. The van der Waals surface area contributed by atoms with Gasteiger partial charge in [0.15, 0.2) is 0 Å². The van der Waals surface area contributed by atoms with Crippen LogP contribution in [0.1, 0.15) is 53.5 Å². The molecular weight excluding hydrogens is 384 g/mol. The molecule has 0 saturated carbocycles. The number of nitrogens with zero attached hydrogens (tertiary/aromatic N) is 2. The van der Waals surface area contributed by atoms with E-state index in [-0.39, 0.29) is 28.1 Å². The highest BCUT2D eigenvalue weighted by Crippen LogP contribution is 2.06. The molecule has 30 heavy (non-hydrogen) atoms. The lowest BCUT2D eigenvalue weighted by Gasteiger charge is -2.08. The first-order chi connectivity index (χ1) is 15.9. The Balaban J connectivity index is 1.75. The molecule has 0 bridgehead atoms. The average molecular weight is 408 g/mol. The molecule has 2 amide bonds. The van der Waals surface area contributed by atoms with Crippen molar-refractivity contribution in [2.24, 2.45) is 0 Å². The third-order valence-electron chi connectivity index (χ3n) is 3.92. The van der Waals surface area contributed by atoms with Gasteiger partial charge < -0.3 is 15.7 Å². The number of nitrogens with one attached hydrogen (secondary N) is 2. The summed E-state index contributed by atoms with van der Waals surface area (Å²) in [5.74, 6) is -3.02. The zero-order valence-electron chi connectivity index (χ0n) is 19.8. The van der Waals surface area contributed by atoms with Crippen LogP contribution in [0.25, 0.3) is 0 Å². The van der Waals surface area contributed by atoms with Crippen molar-refractivity contribution < 1.29 is 25.0 Å². The number of aromatic carboxylic acids is 1. The van der Waals surface area contributed by atoms with Crippen LogP contribution in [-0.4, -0.2) is 32.9 Å². The molecule has 1 aromatic heterocycles. The van der Waals surface area contributed by atoms with E-state index in [1.54, 1.807) is 25.1 Å². The zero-order valence-corrected chi connectivity index (χ0v) is 15.8. The minimum absolute atomic E-state index is 0.00391. The van der Waals surface area contributed by atoms with Gasteiger partial charge in [0, 0.05) is 19.1 Å². The normalized spacial score (nSPS) is 13.2. The monoisotopic (exact) mass is 408 g/mol. The van der Waals surface area contributed by atoms with Crippen molar-refractivity contribution in [2.75, 3.05) is 0 Å². The number of hydrogen-bond acceptors (Lipinski definition) is 5. The van der Waals surface area contributed by atoms with E-state index in [1.165, 1.54) is 30.3 Å². The van der Waals surface area contributed by atoms with Gasteiger partial charge in [-0.3, -0.25) is 9.59 Å². The number of carboxylic acids is 1. The molecule has 3 rings (SSSR count). The minimum Gasteiger partial charge on any atom is -0.478 e. The first-order valence-corrected chi connectivity index (χ1v) is 8.77. The summed E-state index contributed by atoms with van der Waals surface area (Å²) in [7, 11) is 0. The molecule has 8 nitrogen and oxygen atoms in total. The fourth-order valence-electron chi connectivity index (χ4n) is 2.41. The Bertz CT molecular complexity index is 1250. The standard InChI is InChI=1S/C22H20N4O4/c1-14-3-2-4-16(9-14)12-24-21(28)19-10-18(25-13-26-19)20(27)23-11-15-5-7-17(8-6-15)22(29)30/h2-10,13H,11-12H2,1H3,(H,23,27)(H,24,28)(H,29,30)/i11D2,12D2. The van der Waals surface area contributed by atoms with Gasteiger partial charge in [-0.15, -0.1) is 0 Å². The Morgan fingerprint density at radius 2 is 1.50 bits per heavy atom. The van der Waals surface area contributed by atoms with Crippen LogP contribution in [0.2, 0.25) is 0 Å². The maximum absolute atomic E-state index is 12.6. The molecule has 0 spiro atoms. The summed E-state index contributed by atoms with van der Waals surface area (Å²) in [6.07, 6.45) is 0.934. The van der Waals surface area contributed by atoms with Crippen LogP contribution in [0.5, 0.6) is 0 Å². The Labute approximate surface area is 178 Å². The predicted octanol–water partition coefficient (Wildman–Crippen LogP) is 2.34. The van der Waals surface area contributed by atoms with Gasteiger partial charge in [0.05, 0.1) is 11.0 Å². The average Bonchev–Trinajstić information content (AvgIpc) is 2.78. The van der Waals surface area contributed by atoms with Crippen molar-refractivity contribution in [3.63, 3.8) is 0 Å². The molecule has 2 aromatic carbocycles. The number of aryl methyl sites for hydroxylation is 1. The number of aromatic nitrogens is 2. The van der Waals surface area contributed by atoms with Crippen molar-refractivity contribution in [1.82, 2.24) is 20.6 Å². The number of benzene rings is 2. The Hall–Kier alpha value is -4.07. The molecule has 1 heterocycles. The van der Waals surface area contributed by atoms with Gasteiger partial charge in [-0.25, -0.2) is 14.8 Å². The zero-order chi connectivity index (χ0) is 25.1. The summed E-state index contributed by atoms with van der Waals surface area (Å²) in [5.41, 5.74) is 0.399. The van der Waals surface area contributed by atoms with E-state index in [0.29, 0.717) is 0 Å². The molecule has 8 heteroatoms. The van der Waals surface area contributed by atoms with Crippen LogP contribution in [0.15, 0.2) is 60.9 Å². The van der Waals surface area contributed by atoms with Crippen molar-refractivity contribution in [2.45, 2.75) is 19.9 Å². The fraction of sp³-hybridized carbons (Fsp3) is 0.136. The van der Waals surface area contributed by atoms with E-state index in [2.05, 4.69) is 20.6 Å². The molecule has 0 radical (unpaired) electrons. The lowest BCUT2D eigenvalue weighted by molar-refractivity contribution is 0.0696. The Morgan fingerprint density at radius 1 is 0.900 bits per heavy atom. The van der Waals surface area contributed by atoms with E-state index in [0.717, 1.165) is 18.0 Å². The molecule has 0 unspecified atom stereocenters. The van der Waals surface area contributed by atoms with Crippen LogP contribution in [0, 0.1) is 6.92 Å². The molecule has 0 aliphatic heterocycles. The van der Waals surface area contributed by atoms with Gasteiger partial charge in [-0.05, 0) is 30.2 Å². The number of hydrogen-bond donors (Lipinski definition) is 3. The second-order valence-corrected chi connectivity index (χ2v) is 6.20. The van der Waals surface area contributed by atoms with Crippen LogP contribution < -0.4 is 10.6 Å². The maximum Gasteiger partial charge on any atom is 0.335 e. The lowest BCUT2D eigenvalue weighted by atomic mass is 10.1. The Kier molecular flexibility index (Phi) is 4.96. The van der Waals surface area contributed by atoms with Crippen LogP contribution in [0.4, 0.5) is 0 Å². The summed E-state index contributed by atoms with van der Waals surface area (Å²) in [4.78, 5) is 43.7. The summed E-state index contributed by atoms with van der Waals surface area (Å²) in [6, 6.07) is 12.4. The SMILES string of the molecule is [2H]C([2H])(NC(=O)c1cc(C(=O)NC([2H])([2H])c2cccc(C)c2)ncn1)c1ccc(C(=O)O)cc1. The first-order valence-electron chi connectivity index (χ1n) is 10.8. The van der Waals surface area contributed by atoms with Gasteiger partial charge in [-0.2, -0.15) is 0 Å². The lowest BCUT2D eigenvalue weighted by Crippen LogP contribution is -2.27. The summed E-state index contributed by atoms with van der Waals surface area (Å²) >= 11 is 0. The van der Waals surface area contributed by atoms with Gasteiger partial charge in [0.2, 0.25) is 0 Å². The van der Waals surface area contributed by atoms with E-state index in [4.69, 9.17) is 10.6 Å². The van der Waals surface area contributed by atoms with Gasteiger partial charge in [0.1, 0.15) is 17.7 Å². The largest absolute Gasteiger partial charge is 0.478 e. The smallest absolute Gasteiger partial charge is 0.335 e. The summed E-state index contributed by atoms with van der Waals surface area (Å²) < 4.78 is 32.5. The van der Waals surface area contributed by atoms with E-state index < -0.39 is 30.8 Å². The van der Waals surface area contributed by atoms with E-state index in [9.17, 15) is 14.4 Å². The molecule has 3 aromatic rings. The van der Waals surface area contributed by atoms with Gasteiger partial charge >= 0.3 is 5.97 Å². The first kappa shape index (κ1) is 15.8. The number of carboxylic acid groups (broad SMARTS) is 1.